The van der Waals surface area contributed by atoms with Gasteiger partial charge in [0, 0.05) is 30.0 Å². The molecule has 0 bridgehead atoms. The van der Waals surface area contributed by atoms with E-state index in [1.807, 2.05) is 36.4 Å². The maximum absolute atomic E-state index is 12.9. The molecule has 1 aliphatic rings. The Balaban J connectivity index is 1.34. The average molecular weight is 573 g/mol. The predicted octanol–water partition coefficient (Wildman–Crippen LogP) is 6.38. The van der Waals surface area contributed by atoms with E-state index < -0.39 is 0 Å². The van der Waals surface area contributed by atoms with Crippen molar-refractivity contribution in [2.24, 2.45) is 0 Å². The molecule has 10 heteroatoms. The standard InChI is InChI=1S/C31H33ClN6O3/c1-20(2)38-16-6-8-23(38)10-14-28(39)37-26-12-11-25-29(30(26)40-3)31(35-19-34-25)36-21-9-13-27(24(32)17-21)41-18-22-7-4-5-15-33-22/h4-5,7,9-15,17,19-20,23H,6,8,16,18H2,1-3H3,(H,37,39)(H,34,35,36)/b14-10+/t23-/m1/s1. The minimum Gasteiger partial charge on any atom is -0.494 e. The van der Waals surface area contributed by atoms with Crippen LogP contribution in [0.25, 0.3) is 10.9 Å². The van der Waals surface area contributed by atoms with Crippen molar-refractivity contribution < 1.29 is 14.3 Å². The smallest absolute Gasteiger partial charge is 0.248 e. The van der Waals surface area contributed by atoms with Gasteiger partial charge in [0.05, 0.1) is 34.4 Å². The number of aromatic nitrogens is 3. The second-order valence-corrected chi connectivity index (χ2v) is 10.4. The average Bonchev–Trinajstić information content (AvgIpc) is 3.46. The first-order valence-electron chi connectivity index (χ1n) is 13.6. The Morgan fingerprint density at radius 3 is 2.80 bits per heavy atom. The third-order valence-electron chi connectivity index (χ3n) is 6.99. The van der Waals surface area contributed by atoms with Crippen LogP contribution in [0.2, 0.25) is 5.02 Å². The summed E-state index contributed by atoms with van der Waals surface area (Å²) in [7, 11) is 1.56. The van der Waals surface area contributed by atoms with Crippen molar-refractivity contribution in [3.05, 3.63) is 83.9 Å². The number of likely N-dealkylation sites (tertiary alicyclic amines) is 1. The van der Waals surface area contributed by atoms with Gasteiger partial charge in [-0.1, -0.05) is 23.7 Å². The number of pyridine rings is 1. The van der Waals surface area contributed by atoms with Crippen LogP contribution in [0.5, 0.6) is 11.5 Å². The number of methoxy groups -OCH3 is 1. The molecule has 2 aromatic heterocycles. The van der Waals surface area contributed by atoms with E-state index >= 15 is 0 Å². The van der Waals surface area contributed by atoms with Gasteiger partial charge in [-0.3, -0.25) is 14.7 Å². The number of benzene rings is 2. The Hall–Kier alpha value is -4.21. The SMILES string of the molecule is COc1c(NC(=O)/C=C/[C@H]2CCCN2C(C)C)ccc2ncnc(Nc3ccc(OCc4ccccn4)c(Cl)c3)c12. The number of nitrogens with one attached hydrogen (secondary N) is 2. The van der Waals surface area contributed by atoms with E-state index in [1.54, 1.807) is 37.6 Å². The molecule has 0 radical (unpaired) electrons. The Morgan fingerprint density at radius 2 is 2.05 bits per heavy atom. The number of fused-ring (bicyclic) bond motifs is 1. The molecule has 2 N–H and O–H groups in total. The van der Waals surface area contributed by atoms with Crippen LogP contribution in [0, 0.1) is 0 Å². The summed E-state index contributed by atoms with van der Waals surface area (Å²) < 4.78 is 11.6. The highest BCUT2D eigenvalue weighted by Crippen LogP contribution is 2.38. The molecule has 212 valence electrons. The van der Waals surface area contributed by atoms with Crippen LogP contribution in [0.3, 0.4) is 0 Å². The molecule has 0 saturated carbocycles. The Kier molecular flexibility index (Phi) is 8.96. The summed E-state index contributed by atoms with van der Waals surface area (Å²) >= 11 is 6.52. The third kappa shape index (κ3) is 6.75. The van der Waals surface area contributed by atoms with Gasteiger partial charge in [0.1, 0.15) is 24.5 Å². The first-order chi connectivity index (χ1) is 19.9. The Labute approximate surface area is 244 Å². The molecular formula is C31H33ClN6O3. The molecule has 41 heavy (non-hydrogen) atoms. The zero-order valence-corrected chi connectivity index (χ0v) is 24.1. The monoisotopic (exact) mass is 572 g/mol. The molecule has 9 nitrogen and oxygen atoms in total. The number of ether oxygens (including phenoxy) is 2. The lowest BCUT2D eigenvalue weighted by molar-refractivity contribution is -0.112. The van der Waals surface area contributed by atoms with Gasteiger partial charge in [0.25, 0.3) is 0 Å². The molecule has 1 aliphatic heterocycles. The highest BCUT2D eigenvalue weighted by molar-refractivity contribution is 6.32. The van der Waals surface area contributed by atoms with E-state index in [9.17, 15) is 4.79 Å². The minimum atomic E-state index is -0.224. The van der Waals surface area contributed by atoms with Gasteiger partial charge in [-0.2, -0.15) is 0 Å². The van der Waals surface area contributed by atoms with E-state index in [0.29, 0.717) is 57.3 Å². The van der Waals surface area contributed by atoms with Crippen molar-refractivity contribution in [1.29, 1.82) is 0 Å². The number of carbonyl (C=O) groups excluding carboxylic acids is 1. The number of hydrogen-bond acceptors (Lipinski definition) is 8. The molecule has 2 aromatic carbocycles. The Bertz CT molecular complexity index is 1550. The van der Waals surface area contributed by atoms with Crippen molar-refractivity contribution >= 4 is 45.6 Å². The highest BCUT2D eigenvalue weighted by Gasteiger charge is 2.24. The molecule has 1 amide bonds. The zero-order valence-electron chi connectivity index (χ0n) is 23.3. The van der Waals surface area contributed by atoms with Gasteiger partial charge in [-0.15, -0.1) is 0 Å². The fourth-order valence-corrected chi connectivity index (χ4v) is 5.27. The molecule has 0 unspecified atom stereocenters. The summed E-state index contributed by atoms with van der Waals surface area (Å²) in [4.78, 5) is 28.4. The van der Waals surface area contributed by atoms with E-state index in [2.05, 4.69) is 44.3 Å². The van der Waals surface area contributed by atoms with Crippen molar-refractivity contribution in [2.75, 3.05) is 24.3 Å². The molecule has 0 spiro atoms. The highest BCUT2D eigenvalue weighted by atomic mass is 35.5. The number of carbonyl (C=O) groups is 1. The van der Waals surface area contributed by atoms with Crippen LogP contribution in [0.1, 0.15) is 32.4 Å². The lowest BCUT2D eigenvalue weighted by atomic mass is 10.1. The predicted molar refractivity (Wildman–Crippen MR) is 162 cm³/mol. The number of nitrogens with zero attached hydrogens (tertiary/aromatic N) is 4. The van der Waals surface area contributed by atoms with Crippen molar-refractivity contribution in [3.8, 4) is 11.5 Å². The van der Waals surface area contributed by atoms with Gasteiger partial charge >= 0.3 is 0 Å². The van der Waals surface area contributed by atoms with Gasteiger partial charge in [0.2, 0.25) is 5.91 Å². The molecule has 1 fully saturated rings. The van der Waals surface area contributed by atoms with Crippen molar-refractivity contribution in [1.82, 2.24) is 19.9 Å². The maximum atomic E-state index is 12.9. The summed E-state index contributed by atoms with van der Waals surface area (Å²) in [6.07, 6.45) is 8.97. The molecule has 1 atom stereocenters. The van der Waals surface area contributed by atoms with Gasteiger partial charge in [-0.05, 0) is 75.7 Å². The fourth-order valence-electron chi connectivity index (χ4n) is 5.03. The van der Waals surface area contributed by atoms with Gasteiger partial charge in [0.15, 0.2) is 5.75 Å². The summed E-state index contributed by atoms with van der Waals surface area (Å²) in [5.41, 5.74) is 2.69. The summed E-state index contributed by atoms with van der Waals surface area (Å²) in [5.74, 6) is 1.28. The fraction of sp³-hybridized carbons (Fsp3) is 0.290. The molecule has 5 rings (SSSR count). The first-order valence-corrected chi connectivity index (χ1v) is 14.0. The first kappa shape index (κ1) is 28.3. The number of rotatable bonds is 10. The summed E-state index contributed by atoms with van der Waals surface area (Å²) in [6, 6.07) is 15.4. The molecule has 3 heterocycles. The molecule has 4 aromatic rings. The van der Waals surface area contributed by atoms with E-state index in [4.69, 9.17) is 21.1 Å². The topological polar surface area (TPSA) is 102 Å². The van der Waals surface area contributed by atoms with Crippen LogP contribution in [0.15, 0.2) is 73.2 Å². The van der Waals surface area contributed by atoms with Crippen LogP contribution in [0.4, 0.5) is 17.2 Å². The lowest BCUT2D eigenvalue weighted by Gasteiger charge is -2.25. The van der Waals surface area contributed by atoms with Gasteiger partial charge in [-0.25, -0.2) is 9.97 Å². The van der Waals surface area contributed by atoms with Crippen LogP contribution < -0.4 is 20.1 Å². The number of hydrogen-bond donors (Lipinski definition) is 2. The van der Waals surface area contributed by atoms with Gasteiger partial charge < -0.3 is 20.1 Å². The molecule has 1 saturated heterocycles. The zero-order chi connectivity index (χ0) is 28.8. The third-order valence-corrected chi connectivity index (χ3v) is 7.29. The normalized spacial score (nSPS) is 15.5. The molecule has 0 aliphatic carbocycles. The van der Waals surface area contributed by atoms with Crippen molar-refractivity contribution in [2.45, 2.75) is 45.4 Å². The van der Waals surface area contributed by atoms with Crippen molar-refractivity contribution in [3.63, 3.8) is 0 Å². The van der Waals surface area contributed by atoms with Crippen LogP contribution in [-0.4, -0.2) is 51.5 Å². The lowest BCUT2D eigenvalue weighted by Crippen LogP contribution is -2.34. The molecular weight excluding hydrogens is 540 g/mol. The Morgan fingerprint density at radius 1 is 1.17 bits per heavy atom. The van der Waals surface area contributed by atoms with Crippen LogP contribution in [-0.2, 0) is 11.4 Å². The minimum absolute atomic E-state index is 0.224. The summed E-state index contributed by atoms with van der Waals surface area (Å²) in [6.45, 7) is 5.72. The van der Waals surface area contributed by atoms with E-state index in [1.165, 1.54) is 6.33 Å². The van der Waals surface area contributed by atoms with E-state index in [-0.39, 0.29) is 11.9 Å². The summed E-state index contributed by atoms with van der Waals surface area (Å²) in [5, 5.41) is 7.34. The largest absolute Gasteiger partial charge is 0.494 e. The second kappa shape index (κ2) is 13.0. The number of halogens is 1. The maximum Gasteiger partial charge on any atom is 0.248 e. The van der Waals surface area contributed by atoms with E-state index in [0.717, 1.165) is 25.1 Å². The second-order valence-electron chi connectivity index (χ2n) is 10.0. The quantitative estimate of drug-likeness (QED) is 0.211. The van der Waals surface area contributed by atoms with Crippen LogP contribution >= 0.6 is 11.6 Å². The number of amides is 1. The number of anilines is 3.